The van der Waals surface area contributed by atoms with Gasteiger partial charge in [-0.25, -0.2) is 0 Å². The average molecular weight is 180 g/mol. The summed E-state index contributed by atoms with van der Waals surface area (Å²) in [4.78, 5) is 2.38. The molecule has 1 unspecified atom stereocenters. The van der Waals surface area contributed by atoms with E-state index in [1.54, 1.807) is 0 Å². The second-order valence-corrected chi connectivity index (χ2v) is 3.77. The van der Waals surface area contributed by atoms with Gasteiger partial charge in [-0.15, -0.1) is 0 Å². The Balaban J connectivity index is 2.66. The number of hydrogen-bond acceptors (Lipinski definition) is 2. The van der Waals surface area contributed by atoms with E-state index in [2.05, 4.69) is 43.9 Å². The monoisotopic (exact) mass is 180 g/mol. The molecule has 0 heterocycles. The minimum atomic E-state index is 0.217. The first-order valence-electron chi connectivity index (χ1n) is 5.05. The number of allylic oxidation sites excluding steroid dienone is 1. The smallest absolute Gasteiger partial charge is 0.0325 e. The van der Waals surface area contributed by atoms with E-state index in [1.807, 2.05) is 0 Å². The van der Waals surface area contributed by atoms with Crippen LogP contribution in [0.5, 0.6) is 0 Å². The third-order valence-corrected chi connectivity index (χ3v) is 2.41. The van der Waals surface area contributed by atoms with Gasteiger partial charge in [-0.2, -0.15) is 0 Å². The van der Waals surface area contributed by atoms with E-state index in [1.165, 1.54) is 5.70 Å². The van der Waals surface area contributed by atoms with Gasteiger partial charge in [-0.3, -0.25) is 0 Å². The lowest BCUT2D eigenvalue weighted by Crippen LogP contribution is -2.31. The van der Waals surface area contributed by atoms with Gasteiger partial charge in [0.05, 0.1) is 0 Å². The summed E-state index contributed by atoms with van der Waals surface area (Å²) < 4.78 is 0. The van der Waals surface area contributed by atoms with Gasteiger partial charge in [0.25, 0.3) is 0 Å². The van der Waals surface area contributed by atoms with Crippen LogP contribution in [0.4, 0.5) is 0 Å². The van der Waals surface area contributed by atoms with Gasteiger partial charge in [0.2, 0.25) is 0 Å². The van der Waals surface area contributed by atoms with Crippen molar-refractivity contribution in [3.8, 4) is 0 Å². The van der Waals surface area contributed by atoms with Crippen LogP contribution < -0.4 is 5.73 Å². The normalized spacial score (nSPS) is 21.9. The molecule has 0 saturated carbocycles. The fourth-order valence-corrected chi connectivity index (χ4v) is 1.68. The molecule has 0 aromatic carbocycles. The molecule has 1 aliphatic rings. The summed E-state index contributed by atoms with van der Waals surface area (Å²) >= 11 is 0. The number of nitrogens with zero attached hydrogens (tertiary/aromatic N) is 1. The summed E-state index contributed by atoms with van der Waals surface area (Å²) in [6.07, 6.45) is 7.42. The molecule has 0 aliphatic heterocycles. The molecule has 1 rings (SSSR count). The zero-order valence-corrected chi connectivity index (χ0v) is 8.83. The van der Waals surface area contributed by atoms with Crippen molar-refractivity contribution in [2.45, 2.75) is 39.3 Å². The molecule has 0 bridgehead atoms. The Labute approximate surface area is 81.1 Å². The molecule has 2 N–H and O–H groups in total. The third kappa shape index (κ3) is 2.59. The zero-order chi connectivity index (χ0) is 9.84. The van der Waals surface area contributed by atoms with Crippen LogP contribution in [-0.4, -0.2) is 23.5 Å². The Morgan fingerprint density at radius 3 is 2.69 bits per heavy atom. The zero-order valence-electron chi connectivity index (χ0n) is 8.83. The molecule has 0 saturated heterocycles. The molecule has 13 heavy (non-hydrogen) atoms. The maximum Gasteiger partial charge on any atom is 0.0325 e. The number of likely N-dealkylation sites (N-methyl/N-ethyl adjacent to an activating group) is 1. The van der Waals surface area contributed by atoms with Crippen molar-refractivity contribution in [1.82, 2.24) is 4.90 Å². The fraction of sp³-hybridized carbons (Fsp3) is 0.636. The van der Waals surface area contributed by atoms with E-state index in [0.29, 0.717) is 6.04 Å². The van der Waals surface area contributed by atoms with E-state index in [4.69, 9.17) is 5.73 Å². The predicted molar refractivity (Wildman–Crippen MR) is 57.3 cm³/mol. The Kier molecular flexibility index (Phi) is 3.55. The number of rotatable bonds is 3. The van der Waals surface area contributed by atoms with Crippen molar-refractivity contribution in [2.75, 3.05) is 6.54 Å². The van der Waals surface area contributed by atoms with Crippen LogP contribution in [0.1, 0.15) is 27.2 Å². The van der Waals surface area contributed by atoms with Gasteiger partial charge in [-0.1, -0.05) is 12.2 Å². The van der Waals surface area contributed by atoms with Gasteiger partial charge in [0.15, 0.2) is 0 Å². The first-order valence-corrected chi connectivity index (χ1v) is 5.05. The van der Waals surface area contributed by atoms with Crippen LogP contribution in [-0.2, 0) is 0 Å². The molecule has 0 spiro atoms. The lowest BCUT2D eigenvalue weighted by atomic mass is 10.1. The highest BCUT2D eigenvalue weighted by atomic mass is 15.1. The van der Waals surface area contributed by atoms with Crippen molar-refractivity contribution in [1.29, 1.82) is 0 Å². The Morgan fingerprint density at radius 2 is 2.31 bits per heavy atom. The maximum absolute atomic E-state index is 5.76. The molecule has 2 heteroatoms. The first-order chi connectivity index (χ1) is 6.15. The van der Waals surface area contributed by atoms with Crippen LogP contribution in [0.25, 0.3) is 0 Å². The fourth-order valence-electron chi connectivity index (χ4n) is 1.68. The maximum atomic E-state index is 5.76. The molecule has 0 aromatic heterocycles. The second-order valence-electron chi connectivity index (χ2n) is 3.77. The van der Waals surface area contributed by atoms with Gasteiger partial charge in [0.1, 0.15) is 0 Å². The first kappa shape index (κ1) is 10.3. The molecule has 2 nitrogen and oxygen atoms in total. The van der Waals surface area contributed by atoms with E-state index in [-0.39, 0.29) is 6.04 Å². The van der Waals surface area contributed by atoms with Crippen molar-refractivity contribution in [2.24, 2.45) is 5.73 Å². The summed E-state index contributed by atoms with van der Waals surface area (Å²) in [5, 5.41) is 0. The molecular formula is C11H20N2. The van der Waals surface area contributed by atoms with E-state index in [0.717, 1.165) is 13.0 Å². The average Bonchev–Trinajstić information content (AvgIpc) is 2.09. The minimum Gasteiger partial charge on any atom is -0.370 e. The van der Waals surface area contributed by atoms with Crippen LogP contribution in [0, 0.1) is 0 Å². The summed E-state index contributed by atoms with van der Waals surface area (Å²) in [5.41, 5.74) is 7.08. The molecule has 74 valence electrons. The SMILES string of the molecule is CCN(C1=CCC(N)C=C1)C(C)C. The molecule has 0 radical (unpaired) electrons. The lowest BCUT2D eigenvalue weighted by Gasteiger charge is -2.30. The highest BCUT2D eigenvalue weighted by Gasteiger charge is 2.11. The Morgan fingerprint density at radius 1 is 1.62 bits per heavy atom. The number of nitrogens with two attached hydrogens (primary N) is 1. The van der Waals surface area contributed by atoms with Crippen LogP contribution >= 0.6 is 0 Å². The van der Waals surface area contributed by atoms with E-state index < -0.39 is 0 Å². The summed E-state index contributed by atoms with van der Waals surface area (Å²) in [5.74, 6) is 0. The van der Waals surface area contributed by atoms with Gasteiger partial charge in [0, 0.05) is 24.3 Å². The van der Waals surface area contributed by atoms with Crippen LogP contribution in [0.2, 0.25) is 0 Å². The molecule has 1 aliphatic carbocycles. The summed E-state index contributed by atoms with van der Waals surface area (Å²) in [7, 11) is 0. The molecule has 0 amide bonds. The molecule has 1 atom stereocenters. The second kappa shape index (κ2) is 4.47. The topological polar surface area (TPSA) is 29.3 Å². The minimum absolute atomic E-state index is 0.217. The predicted octanol–water partition coefficient (Wildman–Crippen LogP) is 1.89. The Hall–Kier alpha value is -0.760. The largest absolute Gasteiger partial charge is 0.370 e. The molecule has 0 aromatic rings. The van der Waals surface area contributed by atoms with Crippen molar-refractivity contribution < 1.29 is 0 Å². The molecular weight excluding hydrogens is 160 g/mol. The van der Waals surface area contributed by atoms with Crippen molar-refractivity contribution >= 4 is 0 Å². The quantitative estimate of drug-likeness (QED) is 0.718. The van der Waals surface area contributed by atoms with Crippen LogP contribution in [0.3, 0.4) is 0 Å². The van der Waals surface area contributed by atoms with Gasteiger partial charge >= 0.3 is 0 Å². The van der Waals surface area contributed by atoms with Crippen molar-refractivity contribution in [3.63, 3.8) is 0 Å². The van der Waals surface area contributed by atoms with Crippen LogP contribution in [0.15, 0.2) is 23.9 Å². The highest BCUT2D eigenvalue weighted by Crippen LogP contribution is 2.16. The summed E-state index contributed by atoms with van der Waals surface area (Å²) in [6.45, 7) is 7.67. The summed E-state index contributed by atoms with van der Waals surface area (Å²) in [6, 6.07) is 0.782. The van der Waals surface area contributed by atoms with Crippen molar-refractivity contribution in [3.05, 3.63) is 23.9 Å². The Bertz CT molecular complexity index is 216. The highest BCUT2D eigenvalue weighted by molar-refractivity contribution is 5.24. The van der Waals surface area contributed by atoms with Gasteiger partial charge < -0.3 is 10.6 Å². The van der Waals surface area contributed by atoms with Gasteiger partial charge in [-0.05, 0) is 33.3 Å². The van der Waals surface area contributed by atoms with E-state index >= 15 is 0 Å². The number of hydrogen-bond donors (Lipinski definition) is 1. The lowest BCUT2D eigenvalue weighted by molar-refractivity contribution is 0.305. The third-order valence-electron chi connectivity index (χ3n) is 2.41. The molecule has 0 fully saturated rings. The van der Waals surface area contributed by atoms with E-state index in [9.17, 15) is 0 Å². The standard InChI is InChI=1S/C11H20N2/c1-4-13(9(2)3)11-7-5-10(12)6-8-11/h5,7-10H,4,6,12H2,1-3H3.